The lowest BCUT2D eigenvalue weighted by Gasteiger charge is -2.04. The standard InChI is InChI=1S/C15H17NO/c1-3-4-6-9-13(2)15(17)16-12-14-10-7-5-8-11-14/h3-11H,2,12H2,1H3,(H,16,17)/b4-3-,9-6-. The largest absolute Gasteiger partial charge is 0.348 e. The molecular weight excluding hydrogens is 210 g/mol. The number of rotatable bonds is 5. The smallest absolute Gasteiger partial charge is 0.250 e. The molecule has 0 aliphatic carbocycles. The van der Waals surface area contributed by atoms with Gasteiger partial charge < -0.3 is 5.32 Å². The van der Waals surface area contributed by atoms with Gasteiger partial charge in [0.05, 0.1) is 0 Å². The molecule has 0 unspecified atom stereocenters. The Balaban J connectivity index is 2.42. The van der Waals surface area contributed by atoms with Gasteiger partial charge in [0.2, 0.25) is 0 Å². The van der Waals surface area contributed by atoms with Crippen molar-refractivity contribution in [1.29, 1.82) is 0 Å². The second kappa shape index (κ2) is 7.23. The summed E-state index contributed by atoms with van der Waals surface area (Å²) < 4.78 is 0. The van der Waals surface area contributed by atoms with Crippen LogP contribution in [-0.2, 0) is 11.3 Å². The normalized spacial score (nSPS) is 10.9. The van der Waals surface area contributed by atoms with Crippen molar-refractivity contribution in [3.63, 3.8) is 0 Å². The van der Waals surface area contributed by atoms with Crippen LogP contribution >= 0.6 is 0 Å². The molecule has 0 atom stereocenters. The van der Waals surface area contributed by atoms with Crippen LogP contribution in [0.5, 0.6) is 0 Å². The van der Waals surface area contributed by atoms with E-state index < -0.39 is 0 Å². The van der Waals surface area contributed by atoms with E-state index in [9.17, 15) is 4.79 Å². The van der Waals surface area contributed by atoms with Crippen LogP contribution in [0.2, 0.25) is 0 Å². The van der Waals surface area contributed by atoms with Crippen molar-refractivity contribution in [3.8, 4) is 0 Å². The maximum absolute atomic E-state index is 11.6. The van der Waals surface area contributed by atoms with Gasteiger partial charge in [0.25, 0.3) is 5.91 Å². The minimum Gasteiger partial charge on any atom is -0.348 e. The molecule has 0 fully saturated rings. The number of carbonyl (C=O) groups is 1. The number of allylic oxidation sites excluding steroid dienone is 3. The quantitative estimate of drug-likeness (QED) is 0.608. The molecule has 0 aliphatic heterocycles. The lowest BCUT2D eigenvalue weighted by Crippen LogP contribution is -2.23. The van der Waals surface area contributed by atoms with E-state index in [0.29, 0.717) is 12.1 Å². The molecular formula is C15H17NO. The lowest BCUT2D eigenvalue weighted by molar-refractivity contribution is -0.117. The van der Waals surface area contributed by atoms with Gasteiger partial charge in [-0.25, -0.2) is 0 Å². The third kappa shape index (κ3) is 4.98. The van der Waals surface area contributed by atoms with Crippen molar-refractivity contribution in [2.45, 2.75) is 13.5 Å². The van der Waals surface area contributed by atoms with E-state index >= 15 is 0 Å². The molecule has 17 heavy (non-hydrogen) atoms. The molecule has 1 N–H and O–H groups in total. The third-order valence-corrected chi connectivity index (χ3v) is 2.19. The Morgan fingerprint density at radius 1 is 1.29 bits per heavy atom. The van der Waals surface area contributed by atoms with Gasteiger partial charge in [0, 0.05) is 12.1 Å². The van der Waals surface area contributed by atoms with Crippen LogP contribution < -0.4 is 5.32 Å². The number of hydrogen-bond donors (Lipinski definition) is 1. The van der Waals surface area contributed by atoms with Gasteiger partial charge in [0.15, 0.2) is 0 Å². The van der Waals surface area contributed by atoms with Gasteiger partial charge in [-0.05, 0) is 12.5 Å². The second-order valence-corrected chi connectivity index (χ2v) is 3.58. The van der Waals surface area contributed by atoms with Crippen LogP contribution in [0.3, 0.4) is 0 Å². The molecule has 0 heterocycles. The predicted octanol–water partition coefficient (Wildman–Crippen LogP) is 2.99. The molecule has 1 aromatic carbocycles. The van der Waals surface area contributed by atoms with Gasteiger partial charge in [-0.2, -0.15) is 0 Å². The first-order valence-corrected chi connectivity index (χ1v) is 5.54. The molecule has 0 saturated carbocycles. The van der Waals surface area contributed by atoms with E-state index in [2.05, 4.69) is 11.9 Å². The summed E-state index contributed by atoms with van der Waals surface area (Å²) in [4.78, 5) is 11.6. The van der Waals surface area contributed by atoms with E-state index in [1.54, 1.807) is 12.2 Å². The molecule has 0 bridgehead atoms. The zero-order valence-corrected chi connectivity index (χ0v) is 10.0. The fraction of sp³-hybridized carbons (Fsp3) is 0.133. The second-order valence-electron chi connectivity index (χ2n) is 3.58. The molecule has 1 rings (SSSR count). The van der Waals surface area contributed by atoms with Crippen LogP contribution in [-0.4, -0.2) is 5.91 Å². The Labute approximate surface area is 102 Å². The molecule has 0 aliphatic rings. The highest BCUT2D eigenvalue weighted by atomic mass is 16.1. The number of carbonyl (C=O) groups excluding carboxylic acids is 1. The molecule has 88 valence electrons. The Hall–Kier alpha value is -2.09. The van der Waals surface area contributed by atoms with Crippen LogP contribution in [0.1, 0.15) is 12.5 Å². The number of hydrogen-bond acceptors (Lipinski definition) is 1. The zero-order valence-electron chi connectivity index (χ0n) is 10.0. The highest BCUT2D eigenvalue weighted by molar-refractivity contribution is 5.95. The van der Waals surface area contributed by atoms with Gasteiger partial charge in [-0.1, -0.05) is 61.2 Å². The monoisotopic (exact) mass is 227 g/mol. The number of benzene rings is 1. The maximum Gasteiger partial charge on any atom is 0.250 e. The number of nitrogens with one attached hydrogen (secondary N) is 1. The molecule has 1 aromatic rings. The zero-order chi connectivity index (χ0) is 12.5. The lowest BCUT2D eigenvalue weighted by atomic mass is 10.2. The Morgan fingerprint density at radius 2 is 2.00 bits per heavy atom. The van der Waals surface area contributed by atoms with E-state index in [-0.39, 0.29) is 5.91 Å². The molecule has 0 aromatic heterocycles. The van der Waals surface area contributed by atoms with Crippen molar-refractivity contribution in [2.75, 3.05) is 0 Å². The van der Waals surface area contributed by atoms with Crippen LogP contribution in [0.4, 0.5) is 0 Å². The summed E-state index contributed by atoms with van der Waals surface area (Å²) in [5, 5.41) is 2.81. The van der Waals surface area contributed by atoms with Gasteiger partial charge in [-0.15, -0.1) is 0 Å². The van der Waals surface area contributed by atoms with Gasteiger partial charge in [0.1, 0.15) is 0 Å². The summed E-state index contributed by atoms with van der Waals surface area (Å²) in [7, 11) is 0. The van der Waals surface area contributed by atoms with E-state index in [0.717, 1.165) is 5.56 Å². The fourth-order valence-corrected chi connectivity index (χ4v) is 1.25. The van der Waals surface area contributed by atoms with E-state index in [4.69, 9.17) is 0 Å². The highest BCUT2D eigenvalue weighted by Gasteiger charge is 2.02. The van der Waals surface area contributed by atoms with E-state index in [1.807, 2.05) is 49.4 Å². The van der Waals surface area contributed by atoms with Crippen molar-refractivity contribution >= 4 is 5.91 Å². The summed E-state index contributed by atoms with van der Waals surface area (Å²) in [6.07, 6.45) is 7.24. The van der Waals surface area contributed by atoms with Crippen LogP contribution in [0.25, 0.3) is 0 Å². The maximum atomic E-state index is 11.6. The Bertz CT molecular complexity index is 429. The van der Waals surface area contributed by atoms with Crippen molar-refractivity contribution in [1.82, 2.24) is 5.32 Å². The van der Waals surface area contributed by atoms with Crippen LogP contribution in [0, 0.1) is 0 Å². The van der Waals surface area contributed by atoms with Crippen molar-refractivity contribution < 1.29 is 4.79 Å². The predicted molar refractivity (Wildman–Crippen MR) is 71.4 cm³/mol. The molecule has 1 amide bonds. The fourth-order valence-electron chi connectivity index (χ4n) is 1.25. The highest BCUT2D eigenvalue weighted by Crippen LogP contribution is 1.99. The molecule has 0 spiro atoms. The number of amides is 1. The molecule has 2 nitrogen and oxygen atoms in total. The average Bonchev–Trinajstić information content (AvgIpc) is 2.37. The van der Waals surface area contributed by atoms with Crippen LogP contribution in [0.15, 0.2) is 66.8 Å². The summed E-state index contributed by atoms with van der Waals surface area (Å²) >= 11 is 0. The molecule has 0 saturated heterocycles. The molecule has 0 radical (unpaired) electrons. The average molecular weight is 227 g/mol. The van der Waals surface area contributed by atoms with Gasteiger partial charge in [-0.3, -0.25) is 4.79 Å². The minimum atomic E-state index is -0.144. The first-order chi connectivity index (χ1) is 8.24. The van der Waals surface area contributed by atoms with Crippen molar-refractivity contribution in [3.05, 3.63) is 72.4 Å². The summed E-state index contributed by atoms with van der Waals surface area (Å²) in [6.45, 7) is 6.15. The van der Waals surface area contributed by atoms with Gasteiger partial charge >= 0.3 is 0 Å². The topological polar surface area (TPSA) is 29.1 Å². The Kier molecular flexibility index (Phi) is 5.52. The third-order valence-electron chi connectivity index (χ3n) is 2.19. The SMILES string of the molecule is C=C(/C=C\C=C/C)C(=O)NCc1ccccc1. The molecule has 2 heteroatoms. The van der Waals surface area contributed by atoms with Crippen molar-refractivity contribution in [2.24, 2.45) is 0 Å². The minimum absolute atomic E-state index is 0.144. The van der Waals surface area contributed by atoms with E-state index in [1.165, 1.54) is 0 Å². The first kappa shape index (κ1) is 13.0. The Morgan fingerprint density at radius 3 is 2.65 bits per heavy atom. The first-order valence-electron chi connectivity index (χ1n) is 5.54. The summed E-state index contributed by atoms with van der Waals surface area (Å²) in [5.74, 6) is -0.144. The summed E-state index contributed by atoms with van der Waals surface area (Å²) in [5.41, 5.74) is 1.53. The summed E-state index contributed by atoms with van der Waals surface area (Å²) in [6, 6.07) is 9.78.